The number of methoxy groups -OCH3 is 1. The number of carbonyl (C=O) groups excluding carboxylic acids is 2. The molecule has 0 unspecified atom stereocenters. The van der Waals surface area contributed by atoms with Crippen LogP contribution in [0.3, 0.4) is 0 Å². The Morgan fingerprint density at radius 2 is 1.53 bits per heavy atom. The van der Waals surface area contributed by atoms with Crippen molar-refractivity contribution in [2.75, 3.05) is 44.7 Å². The van der Waals surface area contributed by atoms with E-state index in [1.54, 1.807) is 13.2 Å². The second kappa shape index (κ2) is 17.7. The van der Waals surface area contributed by atoms with Crippen LogP contribution in [0.2, 0.25) is 0 Å². The summed E-state index contributed by atoms with van der Waals surface area (Å²) in [6, 6.07) is 22.8. The van der Waals surface area contributed by atoms with E-state index in [-0.39, 0.29) is 18.4 Å². The maximum atomic E-state index is 14.2. The molecule has 3 N–H and O–H groups in total. The number of nitrogens with one attached hydrogen (secondary N) is 2. The standard InChI is InChI=1S/C41H58N4O4/c1-29(2)27-45(28-30(3)4)40(48)33-22-32(23-35(24-33)44-19-12-9-13-20-44)39(47)43-37(21-31-15-10-8-11-16-31)38(46)26-42-41(5,6)34-17-14-18-36(25-34)49-7/h8,10-11,14-18,22-25,29-30,37-38,42,46H,9,12-13,19-21,26-28H2,1-7H3,(H,43,47)/t37-,38+/m0/s1. The second-order valence-corrected chi connectivity index (χ2v) is 14.9. The van der Waals surface area contributed by atoms with Gasteiger partial charge >= 0.3 is 0 Å². The molecule has 3 aromatic carbocycles. The number of aliphatic hydroxyl groups excluding tert-OH is 1. The maximum absolute atomic E-state index is 14.2. The van der Waals surface area contributed by atoms with Crippen LogP contribution in [0.4, 0.5) is 5.69 Å². The lowest BCUT2D eigenvalue weighted by Gasteiger charge is -2.32. The number of hydrogen-bond acceptors (Lipinski definition) is 6. The van der Waals surface area contributed by atoms with Gasteiger partial charge in [0.05, 0.1) is 19.3 Å². The molecule has 8 heteroatoms. The van der Waals surface area contributed by atoms with Crippen LogP contribution in [0.1, 0.15) is 92.6 Å². The number of nitrogens with zero attached hydrogens (tertiary/aromatic N) is 2. The Hall–Kier alpha value is -3.88. The predicted molar refractivity (Wildman–Crippen MR) is 200 cm³/mol. The van der Waals surface area contributed by atoms with Crippen LogP contribution in [-0.4, -0.2) is 73.8 Å². The van der Waals surface area contributed by atoms with Crippen LogP contribution in [0.5, 0.6) is 5.75 Å². The highest BCUT2D eigenvalue weighted by Crippen LogP contribution is 2.26. The van der Waals surface area contributed by atoms with E-state index in [0.29, 0.717) is 42.5 Å². The Kier molecular flexibility index (Phi) is 13.7. The molecule has 0 radical (unpaired) electrons. The predicted octanol–water partition coefficient (Wildman–Crippen LogP) is 6.67. The van der Waals surface area contributed by atoms with Crippen LogP contribution in [0.25, 0.3) is 0 Å². The lowest BCUT2D eigenvalue weighted by molar-refractivity contribution is 0.0715. The van der Waals surface area contributed by atoms with E-state index < -0.39 is 17.7 Å². The first kappa shape index (κ1) is 37.9. The van der Waals surface area contributed by atoms with Gasteiger partial charge < -0.3 is 30.3 Å². The van der Waals surface area contributed by atoms with Gasteiger partial charge in [0, 0.05) is 55.1 Å². The molecule has 0 aromatic heterocycles. The molecule has 1 saturated heterocycles. The molecule has 0 aliphatic carbocycles. The van der Waals surface area contributed by atoms with Gasteiger partial charge in [0.1, 0.15) is 5.75 Å². The van der Waals surface area contributed by atoms with E-state index >= 15 is 0 Å². The Labute approximate surface area is 294 Å². The average Bonchev–Trinajstić information content (AvgIpc) is 3.10. The van der Waals surface area contributed by atoms with Crippen LogP contribution >= 0.6 is 0 Å². The molecule has 266 valence electrons. The first-order valence-corrected chi connectivity index (χ1v) is 18.0. The van der Waals surface area contributed by atoms with Crippen molar-refractivity contribution in [3.05, 3.63) is 95.1 Å². The van der Waals surface area contributed by atoms with Crippen molar-refractivity contribution < 1.29 is 19.4 Å². The molecule has 0 saturated carbocycles. The summed E-state index contributed by atoms with van der Waals surface area (Å²) < 4.78 is 5.43. The Balaban J connectivity index is 1.62. The van der Waals surface area contributed by atoms with Crippen molar-refractivity contribution in [2.45, 2.75) is 84.9 Å². The van der Waals surface area contributed by atoms with Gasteiger partial charge in [-0.15, -0.1) is 0 Å². The van der Waals surface area contributed by atoms with E-state index in [1.807, 2.05) is 71.6 Å². The fraction of sp³-hybridized carbons (Fsp3) is 0.512. The highest BCUT2D eigenvalue weighted by molar-refractivity contribution is 6.01. The molecule has 0 spiro atoms. The number of carbonyl (C=O) groups is 2. The molecule has 8 nitrogen and oxygen atoms in total. The van der Waals surface area contributed by atoms with Gasteiger partial charge in [-0.3, -0.25) is 9.59 Å². The largest absolute Gasteiger partial charge is 0.497 e. The lowest BCUT2D eigenvalue weighted by Crippen LogP contribution is -2.51. The fourth-order valence-electron chi connectivity index (χ4n) is 6.52. The third-order valence-corrected chi connectivity index (χ3v) is 9.23. The molecule has 0 bridgehead atoms. The number of piperidine rings is 1. The molecule has 1 heterocycles. The molecule has 1 aliphatic heterocycles. The van der Waals surface area contributed by atoms with Crippen molar-refractivity contribution in [3.8, 4) is 5.75 Å². The van der Waals surface area contributed by atoms with Crippen LogP contribution in [0.15, 0.2) is 72.8 Å². The normalized spacial score (nSPS) is 14.9. The molecule has 1 aliphatic rings. The average molecular weight is 671 g/mol. The third-order valence-electron chi connectivity index (χ3n) is 9.23. The highest BCUT2D eigenvalue weighted by Gasteiger charge is 2.28. The number of aliphatic hydroxyl groups is 1. The van der Waals surface area contributed by atoms with E-state index in [4.69, 9.17) is 4.74 Å². The van der Waals surface area contributed by atoms with Crippen molar-refractivity contribution in [1.82, 2.24) is 15.5 Å². The van der Waals surface area contributed by atoms with Crippen molar-refractivity contribution >= 4 is 17.5 Å². The number of amides is 2. The lowest BCUT2D eigenvalue weighted by atomic mass is 9.93. The summed E-state index contributed by atoms with van der Waals surface area (Å²) >= 11 is 0. The van der Waals surface area contributed by atoms with Crippen molar-refractivity contribution in [2.24, 2.45) is 11.8 Å². The Morgan fingerprint density at radius 1 is 0.878 bits per heavy atom. The van der Waals surface area contributed by atoms with E-state index in [2.05, 4.69) is 57.1 Å². The van der Waals surface area contributed by atoms with Gasteiger partial charge in [-0.05, 0) is 92.8 Å². The SMILES string of the molecule is COc1cccc(C(C)(C)NC[C@@H](O)[C@H](Cc2ccccc2)NC(=O)c2cc(C(=O)N(CC(C)C)CC(C)C)cc(N3CCCCC3)c2)c1. The zero-order valence-corrected chi connectivity index (χ0v) is 30.7. The number of rotatable bonds is 16. The summed E-state index contributed by atoms with van der Waals surface area (Å²) in [7, 11) is 1.65. The van der Waals surface area contributed by atoms with Crippen LogP contribution in [0, 0.1) is 11.8 Å². The Bertz CT molecular complexity index is 1490. The second-order valence-electron chi connectivity index (χ2n) is 14.9. The first-order valence-electron chi connectivity index (χ1n) is 18.0. The van der Waals surface area contributed by atoms with Gasteiger partial charge in [-0.2, -0.15) is 0 Å². The summed E-state index contributed by atoms with van der Waals surface area (Å²) in [4.78, 5) is 32.4. The zero-order valence-electron chi connectivity index (χ0n) is 30.7. The first-order chi connectivity index (χ1) is 23.4. The number of hydrogen-bond donors (Lipinski definition) is 3. The molecule has 3 aromatic rings. The summed E-state index contributed by atoms with van der Waals surface area (Å²) in [5, 5.41) is 18.3. The van der Waals surface area contributed by atoms with Gasteiger partial charge in [-0.1, -0.05) is 70.2 Å². The maximum Gasteiger partial charge on any atom is 0.253 e. The van der Waals surface area contributed by atoms with Crippen molar-refractivity contribution in [1.29, 1.82) is 0 Å². The molecule has 2 amide bonds. The summed E-state index contributed by atoms with van der Waals surface area (Å²) in [5.41, 5.74) is 3.42. The third kappa shape index (κ3) is 11.1. The minimum Gasteiger partial charge on any atom is -0.497 e. The molecular weight excluding hydrogens is 612 g/mol. The summed E-state index contributed by atoms with van der Waals surface area (Å²) in [6.45, 7) is 15.9. The van der Waals surface area contributed by atoms with Crippen LogP contribution < -0.4 is 20.3 Å². The van der Waals surface area contributed by atoms with Gasteiger partial charge in [0.15, 0.2) is 0 Å². The molecule has 4 rings (SSSR count). The fourth-order valence-corrected chi connectivity index (χ4v) is 6.52. The number of anilines is 1. The quantitative estimate of drug-likeness (QED) is 0.158. The molecule has 2 atom stereocenters. The van der Waals surface area contributed by atoms with Gasteiger partial charge in [-0.25, -0.2) is 0 Å². The smallest absolute Gasteiger partial charge is 0.253 e. The van der Waals surface area contributed by atoms with Gasteiger partial charge in [0.2, 0.25) is 0 Å². The minimum atomic E-state index is -0.895. The molecule has 49 heavy (non-hydrogen) atoms. The zero-order chi connectivity index (χ0) is 35.6. The van der Waals surface area contributed by atoms with Crippen LogP contribution in [-0.2, 0) is 12.0 Å². The summed E-state index contributed by atoms with van der Waals surface area (Å²) in [6.07, 6.45) is 2.89. The highest BCUT2D eigenvalue weighted by atomic mass is 16.5. The van der Waals surface area contributed by atoms with E-state index in [1.165, 1.54) is 6.42 Å². The van der Waals surface area contributed by atoms with E-state index in [0.717, 1.165) is 48.5 Å². The topological polar surface area (TPSA) is 94.1 Å². The van der Waals surface area contributed by atoms with Crippen molar-refractivity contribution in [3.63, 3.8) is 0 Å². The molecular formula is C41H58N4O4. The molecule has 1 fully saturated rings. The monoisotopic (exact) mass is 670 g/mol. The number of benzene rings is 3. The Morgan fingerprint density at radius 3 is 2.16 bits per heavy atom. The minimum absolute atomic E-state index is 0.0554. The summed E-state index contributed by atoms with van der Waals surface area (Å²) in [5.74, 6) is 1.04. The number of ether oxygens (including phenoxy) is 1. The van der Waals surface area contributed by atoms with Gasteiger partial charge in [0.25, 0.3) is 11.8 Å². The van der Waals surface area contributed by atoms with E-state index in [9.17, 15) is 14.7 Å².